The van der Waals surface area contributed by atoms with Gasteiger partial charge >= 0.3 is 6.18 Å². The molecule has 2 N–H and O–H groups in total. The highest BCUT2D eigenvalue weighted by Crippen LogP contribution is 2.36. The lowest BCUT2D eigenvalue weighted by Gasteiger charge is -2.28. The summed E-state index contributed by atoms with van der Waals surface area (Å²) in [5, 5.41) is 8.76. The summed E-state index contributed by atoms with van der Waals surface area (Å²) in [7, 11) is 0. The molecule has 25 heavy (non-hydrogen) atoms. The fraction of sp³-hybridized carbons (Fsp3) is 0.647. The largest absolute Gasteiger partial charge is 0.598 e. The number of hydrogen-bond donors (Lipinski definition) is 2. The van der Waals surface area contributed by atoms with Crippen LogP contribution < -0.4 is 4.72 Å². The van der Waals surface area contributed by atoms with Gasteiger partial charge in [0.1, 0.15) is 4.75 Å². The lowest BCUT2D eigenvalue weighted by molar-refractivity contribution is -0.139. The van der Waals surface area contributed by atoms with Gasteiger partial charge in [0.25, 0.3) is 0 Å². The average molecular weight is 381 g/mol. The topological polar surface area (TPSA) is 64.5 Å². The molecule has 144 valence electrons. The second-order valence-corrected chi connectivity index (χ2v) is 8.72. The van der Waals surface area contributed by atoms with Crippen LogP contribution in [-0.4, -0.2) is 27.6 Å². The van der Waals surface area contributed by atoms with Gasteiger partial charge in [0.05, 0.1) is 18.2 Å². The number of aliphatic hydroxyl groups is 1. The van der Waals surface area contributed by atoms with E-state index in [1.54, 1.807) is 33.8 Å². The Morgan fingerprint density at radius 1 is 1.28 bits per heavy atom. The van der Waals surface area contributed by atoms with Crippen molar-refractivity contribution in [1.82, 2.24) is 4.72 Å². The molecule has 0 aliphatic carbocycles. The first-order valence-electron chi connectivity index (χ1n) is 8.04. The Morgan fingerprint density at radius 2 is 1.92 bits per heavy atom. The lowest BCUT2D eigenvalue weighted by atomic mass is 9.97. The standard InChI is InChI=1S/C17H26F3NO3S/c1-12(21-25(23)16(2,3)4)13-7-5-8-15(17(18,19)20)14(13)11-24-10-6-9-22/h5,7-8,12,21-22H,6,9-11H2,1-4H3/t12-,25+/m1/s1. The van der Waals surface area contributed by atoms with E-state index in [0.717, 1.165) is 6.07 Å². The maximum atomic E-state index is 13.3. The van der Waals surface area contributed by atoms with E-state index in [1.165, 1.54) is 6.07 Å². The number of halogens is 3. The predicted molar refractivity (Wildman–Crippen MR) is 92.2 cm³/mol. The van der Waals surface area contributed by atoms with E-state index in [2.05, 4.69) is 4.72 Å². The third-order valence-corrected chi connectivity index (χ3v) is 5.20. The maximum Gasteiger partial charge on any atom is 0.416 e. The predicted octanol–water partition coefficient (Wildman–Crippen LogP) is 3.72. The molecule has 0 bridgehead atoms. The van der Waals surface area contributed by atoms with Crippen molar-refractivity contribution in [2.45, 2.75) is 57.7 Å². The Labute approximate surface area is 150 Å². The van der Waals surface area contributed by atoms with E-state index >= 15 is 0 Å². The molecule has 0 aliphatic heterocycles. The van der Waals surface area contributed by atoms with Crippen molar-refractivity contribution in [3.8, 4) is 0 Å². The lowest BCUT2D eigenvalue weighted by Crippen LogP contribution is -2.40. The smallest absolute Gasteiger partial charge is 0.416 e. The highest BCUT2D eigenvalue weighted by Gasteiger charge is 2.36. The van der Waals surface area contributed by atoms with Crippen molar-refractivity contribution in [2.75, 3.05) is 13.2 Å². The van der Waals surface area contributed by atoms with Crippen LogP contribution in [0, 0.1) is 0 Å². The second-order valence-electron chi connectivity index (χ2n) is 6.72. The molecule has 1 aromatic rings. The fourth-order valence-electron chi connectivity index (χ4n) is 2.18. The van der Waals surface area contributed by atoms with Crippen molar-refractivity contribution >= 4 is 11.4 Å². The Morgan fingerprint density at radius 3 is 2.44 bits per heavy atom. The zero-order valence-electron chi connectivity index (χ0n) is 14.9. The minimum atomic E-state index is -4.51. The van der Waals surface area contributed by atoms with E-state index in [9.17, 15) is 17.7 Å². The minimum absolute atomic E-state index is 0.0267. The van der Waals surface area contributed by atoms with Crippen molar-refractivity contribution < 1.29 is 27.6 Å². The van der Waals surface area contributed by atoms with Gasteiger partial charge in [-0.3, -0.25) is 0 Å². The number of alkyl halides is 3. The van der Waals surface area contributed by atoms with Crippen molar-refractivity contribution in [3.05, 3.63) is 34.9 Å². The molecule has 0 unspecified atom stereocenters. The van der Waals surface area contributed by atoms with Gasteiger partial charge in [0.2, 0.25) is 0 Å². The Hall–Kier alpha value is -0.800. The molecular formula is C17H26F3NO3S. The van der Waals surface area contributed by atoms with Gasteiger partial charge in [-0.05, 0) is 51.3 Å². The van der Waals surface area contributed by atoms with Gasteiger partial charge in [0.15, 0.2) is 0 Å². The molecule has 8 heteroatoms. The first kappa shape index (κ1) is 22.2. The van der Waals surface area contributed by atoms with Gasteiger partial charge in [-0.15, -0.1) is 4.72 Å². The molecule has 0 radical (unpaired) electrons. The molecule has 0 amide bonds. The van der Waals surface area contributed by atoms with Crippen LogP contribution in [0.2, 0.25) is 0 Å². The first-order valence-corrected chi connectivity index (χ1v) is 9.19. The van der Waals surface area contributed by atoms with Crippen LogP contribution >= 0.6 is 0 Å². The van der Waals surface area contributed by atoms with Crippen LogP contribution in [0.3, 0.4) is 0 Å². The number of benzene rings is 1. The highest BCUT2D eigenvalue weighted by atomic mass is 32.2. The molecule has 1 rings (SSSR count). The van der Waals surface area contributed by atoms with Gasteiger partial charge in [-0.25, -0.2) is 0 Å². The molecule has 0 saturated carbocycles. The summed E-state index contributed by atoms with van der Waals surface area (Å²) >= 11 is -1.42. The van der Waals surface area contributed by atoms with Gasteiger partial charge in [-0.1, -0.05) is 12.1 Å². The summed E-state index contributed by atoms with van der Waals surface area (Å²) in [6, 6.07) is 3.39. The summed E-state index contributed by atoms with van der Waals surface area (Å²) in [5.41, 5.74) is -0.334. The summed E-state index contributed by atoms with van der Waals surface area (Å²) in [6.07, 6.45) is -4.15. The normalized spacial score (nSPS) is 15.2. The average Bonchev–Trinajstić information content (AvgIpc) is 2.49. The third-order valence-electron chi connectivity index (χ3n) is 3.52. The minimum Gasteiger partial charge on any atom is -0.598 e. The Balaban J connectivity index is 3.11. The van der Waals surface area contributed by atoms with E-state index < -0.39 is 33.9 Å². The van der Waals surface area contributed by atoms with Crippen molar-refractivity contribution in [2.24, 2.45) is 0 Å². The zero-order valence-corrected chi connectivity index (χ0v) is 15.8. The molecule has 0 aromatic heterocycles. The molecule has 0 saturated heterocycles. The summed E-state index contributed by atoms with van der Waals surface area (Å²) in [5.74, 6) is 0. The molecule has 0 heterocycles. The summed E-state index contributed by atoms with van der Waals surface area (Å²) in [6.45, 7) is 6.89. The van der Waals surface area contributed by atoms with E-state index in [1.807, 2.05) is 0 Å². The zero-order chi connectivity index (χ0) is 19.3. The van der Waals surface area contributed by atoms with Gasteiger partial charge in [-0.2, -0.15) is 13.2 Å². The highest BCUT2D eigenvalue weighted by molar-refractivity contribution is 7.90. The Kier molecular flexibility index (Phi) is 8.21. The number of rotatable bonds is 8. The van der Waals surface area contributed by atoms with Crippen LogP contribution in [0.1, 0.15) is 56.8 Å². The molecular weight excluding hydrogens is 355 g/mol. The van der Waals surface area contributed by atoms with Gasteiger partial charge < -0.3 is 14.4 Å². The SMILES string of the molecule is C[C@@H](N[S@@+]([O-])C(C)(C)C)c1cccc(C(F)(F)F)c1COCCCO. The van der Waals surface area contributed by atoms with Crippen LogP contribution in [0.25, 0.3) is 0 Å². The van der Waals surface area contributed by atoms with Crippen molar-refractivity contribution in [1.29, 1.82) is 0 Å². The third kappa shape index (κ3) is 6.79. The molecule has 1 aromatic carbocycles. The van der Waals surface area contributed by atoms with Crippen LogP contribution in [0.15, 0.2) is 18.2 Å². The number of nitrogens with one attached hydrogen (secondary N) is 1. The van der Waals surface area contributed by atoms with Crippen LogP contribution in [0.4, 0.5) is 13.2 Å². The second kappa shape index (κ2) is 9.23. The quantitative estimate of drug-likeness (QED) is 0.532. The molecule has 2 atom stereocenters. The molecule has 0 spiro atoms. The molecule has 0 aliphatic rings. The van der Waals surface area contributed by atoms with Crippen LogP contribution in [-0.2, 0) is 28.9 Å². The number of ether oxygens (including phenoxy) is 1. The number of hydrogen-bond acceptors (Lipinski definition) is 4. The fourth-order valence-corrected chi connectivity index (χ4v) is 2.98. The van der Waals surface area contributed by atoms with E-state index in [4.69, 9.17) is 9.84 Å². The summed E-state index contributed by atoms with van der Waals surface area (Å²) < 4.78 is 59.9. The number of aliphatic hydroxyl groups excluding tert-OH is 1. The first-order chi connectivity index (χ1) is 11.5. The van der Waals surface area contributed by atoms with E-state index in [-0.39, 0.29) is 25.4 Å². The Bertz CT molecular complexity index is 547. The monoisotopic (exact) mass is 381 g/mol. The maximum absolute atomic E-state index is 13.3. The summed E-state index contributed by atoms with van der Waals surface area (Å²) in [4.78, 5) is 0. The van der Waals surface area contributed by atoms with E-state index in [0.29, 0.717) is 12.0 Å². The molecule has 4 nitrogen and oxygen atoms in total. The van der Waals surface area contributed by atoms with Crippen LogP contribution in [0.5, 0.6) is 0 Å². The molecule has 0 fully saturated rings. The van der Waals surface area contributed by atoms with Crippen molar-refractivity contribution in [3.63, 3.8) is 0 Å². The van der Waals surface area contributed by atoms with Gasteiger partial charge in [0, 0.05) is 24.6 Å².